The van der Waals surface area contributed by atoms with E-state index in [1.807, 2.05) is 13.0 Å². The van der Waals surface area contributed by atoms with E-state index in [0.717, 1.165) is 18.7 Å². The molecule has 0 bridgehead atoms. The molecule has 0 radical (unpaired) electrons. The molecule has 0 saturated heterocycles. The van der Waals surface area contributed by atoms with Crippen molar-refractivity contribution in [1.29, 1.82) is 0 Å². The van der Waals surface area contributed by atoms with Crippen molar-refractivity contribution in [1.82, 2.24) is 0 Å². The molecule has 1 aliphatic rings. The lowest BCUT2D eigenvalue weighted by atomic mass is 10.4. The van der Waals surface area contributed by atoms with Crippen LogP contribution in [0.5, 0.6) is 0 Å². The SMILES string of the molecule is CC1=NC=CCO1.CCCCOC(C)=O. The van der Waals surface area contributed by atoms with E-state index in [9.17, 15) is 4.79 Å². The standard InChI is InChI=1S/C6H12O2.C5H7NO/c1-3-4-5-8-6(2)7;1-5-6-3-2-4-7-5/h3-5H2,1-2H3;2-3H,4H2,1H3. The maximum absolute atomic E-state index is 10.1. The molecule has 0 aliphatic carbocycles. The Balaban J connectivity index is 0.000000262. The number of ether oxygens (including phenoxy) is 2. The lowest BCUT2D eigenvalue weighted by Crippen LogP contribution is -2.01. The molecule has 4 nitrogen and oxygen atoms in total. The molecule has 0 fully saturated rings. The summed E-state index contributed by atoms with van der Waals surface area (Å²) in [5.74, 6) is 0.570. The highest BCUT2D eigenvalue weighted by atomic mass is 16.5. The average Bonchev–Trinajstić information content (AvgIpc) is 2.20. The van der Waals surface area contributed by atoms with E-state index in [4.69, 9.17) is 4.74 Å². The first kappa shape index (κ1) is 13.7. The van der Waals surface area contributed by atoms with Gasteiger partial charge in [-0.25, -0.2) is 4.99 Å². The maximum atomic E-state index is 10.1. The van der Waals surface area contributed by atoms with Crippen LogP contribution in [0.15, 0.2) is 17.3 Å². The number of esters is 1. The van der Waals surface area contributed by atoms with Gasteiger partial charge in [-0.2, -0.15) is 0 Å². The zero-order chi connectivity index (χ0) is 11.5. The summed E-state index contributed by atoms with van der Waals surface area (Å²) in [6, 6.07) is 0. The van der Waals surface area contributed by atoms with Gasteiger partial charge in [-0.05, 0) is 12.5 Å². The number of carbonyl (C=O) groups excluding carboxylic acids is 1. The van der Waals surface area contributed by atoms with Crippen LogP contribution in [0.3, 0.4) is 0 Å². The Morgan fingerprint density at radius 1 is 1.67 bits per heavy atom. The predicted octanol–water partition coefficient (Wildman–Crippen LogP) is 2.30. The molecule has 0 unspecified atom stereocenters. The topological polar surface area (TPSA) is 47.9 Å². The lowest BCUT2D eigenvalue weighted by Gasteiger charge is -2.02. The minimum Gasteiger partial charge on any atom is -0.477 e. The third kappa shape index (κ3) is 10.6. The van der Waals surface area contributed by atoms with Gasteiger partial charge in [0.25, 0.3) is 0 Å². The van der Waals surface area contributed by atoms with E-state index in [-0.39, 0.29) is 5.97 Å². The number of carbonyl (C=O) groups is 1. The second-order valence-corrected chi connectivity index (χ2v) is 3.04. The van der Waals surface area contributed by atoms with Crippen molar-refractivity contribution in [3.63, 3.8) is 0 Å². The zero-order valence-corrected chi connectivity index (χ0v) is 9.66. The summed E-state index contributed by atoms with van der Waals surface area (Å²) in [5.41, 5.74) is 0. The minimum atomic E-state index is -0.182. The molecule has 0 N–H and O–H groups in total. The van der Waals surface area contributed by atoms with Crippen LogP contribution in [0.4, 0.5) is 0 Å². The van der Waals surface area contributed by atoms with E-state index in [1.165, 1.54) is 6.92 Å². The minimum absolute atomic E-state index is 0.182. The van der Waals surface area contributed by atoms with Crippen molar-refractivity contribution < 1.29 is 14.3 Å². The summed E-state index contributed by atoms with van der Waals surface area (Å²) in [7, 11) is 0. The fourth-order valence-electron chi connectivity index (χ4n) is 0.767. The smallest absolute Gasteiger partial charge is 0.302 e. The Bertz CT molecular complexity index is 234. The molecule has 0 aromatic rings. The molecule has 0 saturated carbocycles. The van der Waals surface area contributed by atoms with Crippen molar-refractivity contribution in [3.8, 4) is 0 Å². The highest BCUT2D eigenvalue weighted by Gasteiger charge is 1.89. The summed E-state index contributed by atoms with van der Waals surface area (Å²) in [6.07, 6.45) is 5.67. The highest BCUT2D eigenvalue weighted by molar-refractivity contribution is 5.74. The molecular formula is C11H19NO3. The molecule has 0 amide bonds. The first-order valence-electron chi connectivity index (χ1n) is 5.12. The van der Waals surface area contributed by atoms with Gasteiger partial charge in [0.2, 0.25) is 0 Å². The van der Waals surface area contributed by atoms with Crippen LogP contribution in [0.2, 0.25) is 0 Å². The molecule has 1 aliphatic heterocycles. The van der Waals surface area contributed by atoms with Crippen LogP contribution in [0.1, 0.15) is 33.6 Å². The summed E-state index contributed by atoms with van der Waals surface area (Å²) in [4.78, 5) is 13.9. The predicted molar refractivity (Wildman–Crippen MR) is 59.7 cm³/mol. The highest BCUT2D eigenvalue weighted by Crippen LogP contribution is 1.90. The molecule has 4 heteroatoms. The van der Waals surface area contributed by atoms with Gasteiger partial charge in [0, 0.05) is 20.0 Å². The maximum Gasteiger partial charge on any atom is 0.302 e. The summed E-state index contributed by atoms with van der Waals surface area (Å²) in [5, 5.41) is 0. The second-order valence-electron chi connectivity index (χ2n) is 3.04. The first-order chi connectivity index (χ1) is 7.16. The number of aliphatic imine (C=N–C) groups is 1. The quantitative estimate of drug-likeness (QED) is 0.534. The molecule has 0 aromatic carbocycles. The molecule has 0 spiro atoms. The van der Waals surface area contributed by atoms with Crippen LogP contribution in [-0.2, 0) is 14.3 Å². The number of hydrogen-bond acceptors (Lipinski definition) is 4. The summed E-state index contributed by atoms with van der Waals surface area (Å²) >= 11 is 0. The van der Waals surface area contributed by atoms with Gasteiger partial charge in [0.05, 0.1) is 6.61 Å². The van der Waals surface area contributed by atoms with Crippen LogP contribution >= 0.6 is 0 Å². The van der Waals surface area contributed by atoms with Gasteiger partial charge in [0.15, 0.2) is 5.90 Å². The lowest BCUT2D eigenvalue weighted by molar-refractivity contribution is -0.141. The van der Waals surface area contributed by atoms with Gasteiger partial charge >= 0.3 is 5.97 Å². The molecule has 0 atom stereocenters. The summed E-state index contributed by atoms with van der Waals surface area (Å²) < 4.78 is 9.58. The van der Waals surface area contributed by atoms with Crippen molar-refractivity contribution in [3.05, 3.63) is 12.3 Å². The van der Waals surface area contributed by atoms with Crippen molar-refractivity contribution in [2.45, 2.75) is 33.6 Å². The fraction of sp³-hybridized carbons (Fsp3) is 0.636. The number of rotatable bonds is 3. The van der Waals surface area contributed by atoms with Gasteiger partial charge < -0.3 is 9.47 Å². The zero-order valence-electron chi connectivity index (χ0n) is 9.66. The third-order valence-corrected chi connectivity index (χ3v) is 1.55. The average molecular weight is 213 g/mol. The van der Waals surface area contributed by atoms with E-state index >= 15 is 0 Å². The van der Waals surface area contributed by atoms with Gasteiger partial charge in [-0.15, -0.1) is 0 Å². The Morgan fingerprint density at radius 2 is 2.40 bits per heavy atom. The second kappa shape index (κ2) is 9.24. The van der Waals surface area contributed by atoms with Crippen LogP contribution < -0.4 is 0 Å². The van der Waals surface area contributed by atoms with Crippen molar-refractivity contribution in [2.24, 2.45) is 4.99 Å². The van der Waals surface area contributed by atoms with Crippen LogP contribution in [-0.4, -0.2) is 25.1 Å². The molecule has 0 aromatic heterocycles. The first-order valence-corrected chi connectivity index (χ1v) is 5.12. The van der Waals surface area contributed by atoms with Crippen molar-refractivity contribution in [2.75, 3.05) is 13.2 Å². The molecule has 1 heterocycles. The van der Waals surface area contributed by atoms with Crippen LogP contribution in [0, 0.1) is 0 Å². The van der Waals surface area contributed by atoms with E-state index in [1.54, 1.807) is 6.20 Å². The fourth-order valence-corrected chi connectivity index (χ4v) is 0.767. The third-order valence-electron chi connectivity index (χ3n) is 1.55. The number of hydrogen-bond donors (Lipinski definition) is 0. The molecule has 15 heavy (non-hydrogen) atoms. The monoisotopic (exact) mass is 213 g/mol. The van der Waals surface area contributed by atoms with E-state index < -0.39 is 0 Å². The molecular weight excluding hydrogens is 194 g/mol. The van der Waals surface area contributed by atoms with Gasteiger partial charge in [-0.3, -0.25) is 4.79 Å². The van der Waals surface area contributed by atoms with Crippen molar-refractivity contribution >= 4 is 11.9 Å². The van der Waals surface area contributed by atoms with E-state index in [0.29, 0.717) is 13.2 Å². The van der Waals surface area contributed by atoms with Gasteiger partial charge in [0.1, 0.15) is 6.61 Å². The Labute approximate surface area is 91.0 Å². The molecule has 1 rings (SSSR count). The van der Waals surface area contributed by atoms with E-state index in [2.05, 4.69) is 16.7 Å². The number of unbranched alkanes of at least 4 members (excludes halogenated alkanes) is 1. The van der Waals surface area contributed by atoms with Crippen LogP contribution in [0.25, 0.3) is 0 Å². The van der Waals surface area contributed by atoms with Gasteiger partial charge in [-0.1, -0.05) is 13.3 Å². The Kier molecular flexibility index (Phi) is 8.43. The Hall–Kier alpha value is -1.32. The summed E-state index contributed by atoms with van der Waals surface area (Å²) in [6.45, 7) is 6.57. The Morgan fingerprint density at radius 3 is 2.73 bits per heavy atom. The molecule has 86 valence electrons. The number of nitrogens with zero attached hydrogens (tertiary/aromatic N) is 1. The normalized spacial score (nSPS) is 13.1. The largest absolute Gasteiger partial charge is 0.477 e.